The summed E-state index contributed by atoms with van der Waals surface area (Å²) in [5, 5.41) is 8.50. The summed E-state index contributed by atoms with van der Waals surface area (Å²) in [7, 11) is 0. The van der Waals surface area contributed by atoms with Crippen molar-refractivity contribution >= 4 is 23.1 Å². The van der Waals surface area contributed by atoms with Crippen LogP contribution >= 0.6 is 23.1 Å². The predicted octanol–water partition coefficient (Wildman–Crippen LogP) is 2.35. The predicted molar refractivity (Wildman–Crippen MR) is 60.1 cm³/mol. The van der Waals surface area contributed by atoms with Gasteiger partial charge in [0.05, 0.1) is 4.88 Å². The third kappa shape index (κ3) is 3.86. The molecule has 0 aromatic carbocycles. The van der Waals surface area contributed by atoms with Crippen molar-refractivity contribution in [3.63, 3.8) is 0 Å². The van der Waals surface area contributed by atoms with Crippen molar-refractivity contribution in [2.45, 2.75) is 12.7 Å². The van der Waals surface area contributed by atoms with Gasteiger partial charge in [0.25, 0.3) is 0 Å². The minimum absolute atomic E-state index is 0.0586. The number of aliphatic hydroxyl groups is 1. The van der Waals surface area contributed by atoms with Crippen LogP contribution in [-0.4, -0.2) is 17.5 Å². The summed E-state index contributed by atoms with van der Waals surface area (Å²) in [5.41, 5.74) is 0. The van der Waals surface area contributed by atoms with Crippen LogP contribution in [0.15, 0.2) is 12.1 Å². The first-order valence-electron chi connectivity index (χ1n) is 4.13. The maximum Gasteiger partial charge on any atom is 0.104 e. The van der Waals surface area contributed by atoms with E-state index in [-0.39, 0.29) is 6.61 Å². The summed E-state index contributed by atoms with van der Waals surface area (Å²) in [5.74, 6) is 7.76. The molecule has 13 heavy (non-hydrogen) atoms. The van der Waals surface area contributed by atoms with Gasteiger partial charge in [0, 0.05) is 10.6 Å². The van der Waals surface area contributed by atoms with E-state index in [2.05, 4.69) is 24.8 Å². The lowest BCUT2D eigenvalue weighted by atomic mass is 10.4. The Hall–Kier alpha value is -0.430. The number of hydrogen-bond acceptors (Lipinski definition) is 3. The van der Waals surface area contributed by atoms with Gasteiger partial charge in [0.1, 0.15) is 6.61 Å². The van der Waals surface area contributed by atoms with Crippen LogP contribution in [0.4, 0.5) is 0 Å². The molecule has 0 bridgehead atoms. The average molecular weight is 212 g/mol. The van der Waals surface area contributed by atoms with Crippen molar-refractivity contribution in [1.29, 1.82) is 0 Å². The molecule has 1 nitrogen and oxygen atoms in total. The van der Waals surface area contributed by atoms with Gasteiger partial charge in [-0.3, -0.25) is 0 Å². The third-order valence-electron chi connectivity index (χ3n) is 1.40. The van der Waals surface area contributed by atoms with Gasteiger partial charge >= 0.3 is 0 Å². The molecule has 70 valence electrons. The molecule has 0 saturated carbocycles. The van der Waals surface area contributed by atoms with Crippen molar-refractivity contribution < 1.29 is 5.11 Å². The largest absolute Gasteiger partial charge is 0.384 e. The number of rotatable bonds is 3. The van der Waals surface area contributed by atoms with E-state index in [1.54, 1.807) is 11.3 Å². The smallest absolute Gasteiger partial charge is 0.104 e. The molecule has 1 aromatic heterocycles. The van der Waals surface area contributed by atoms with Gasteiger partial charge in [-0.1, -0.05) is 18.8 Å². The van der Waals surface area contributed by atoms with Crippen LogP contribution in [0.1, 0.15) is 16.7 Å². The quantitative estimate of drug-likeness (QED) is 0.776. The van der Waals surface area contributed by atoms with E-state index in [0.29, 0.717) is 0 Å². The first-order chi connectivity index (χ1) is 6.36. The molecule has 0 amide bonds. The Labute approximate surface area is 87.2 Å². The summed E-state index contributed by atoms with van der Waals surface area (Å²) < 4.78 is 0. The van der Waals surface area contributed by atoms with Gasteiger partial charge in [0.15, 0.2) is 0 Å². The van der Waals surface area contributed by atoms with Crippen LogP contribution in [0.25, 0.3) is 0 Å². The number of thiophene rings is 1. The molecule has 1 rings (SSSR count). The van der Waals surface area contributed by atoms with E-state index in [9.17, 15) is 0 Å². The van der Waals surface area contributed by atoms with E-state index in [1.807, 2.05) is 17.8 Å². The third-order valence-corrected chi connectivity index (χ3v) is 3.51. The minimum atomic E-state index is -0.0586. The highest BCUT2D eigenvalue weighted by atomic mass is 32.2. The molecule has 0 aliphatic heterocycles. The Morgan fingerprint density at radius 2 is 2.38 bits per heavy atom. The van der Waals surface area contributed by atoms with Crippen molar-refractivity contribution in [3.05, 3.63) is 21.9 Å². The summed E-state index contributed by atoms with van der Waals surface area (Å²) in [6, 6.07) is 4.12. The lowest BCUT2D eigenvalue weighted by Gasteiger charge is -1.91. The Morgan fingerprint density at radius 3 is 3.08 bits per heavy atom. The highest BCUT2D eigenvalue weighted by Crippen LogP contribution is 2.20. The summed E-state index contributed by atoms with van der Waals surface area (Å²) >= 11 is 3.62. The highest BCUT2D eigenvalue weighted by molar-refractivity contribution is 7.98. The fraction of sp³-hybridized carbons (Fsp3) is 0.400. The maximum atomic E-state index is 8.50. The Bertz CT molecular complexity index is 306. The fourth-order valence-electron chi connectivity index (χ4n) is 0.852. The van der Waals surface area contributed by atoms with Gasteiger partial charge < -0.3 is 5.11 Å². The molecule has 0 atom stereocenters. The molecular formula is C10H12OS2. The topological polar surface area (TPSA) is 20.2 Å². The van der Waals surface area contributed by atoms with E-state index < -0.39 is 0 Å². The van der Waals surface area contributed by atoms with Crippen LogP contribution in [0, 0.1) is 11.8 Å². The molecule has 0 radical (unpaired) electrons. The number of aliphatic hydroxyl groups excluding tert-OH is 1. The molecular weight excluding hydrogens is 200 g/mol. The fourth-order valence-corrected chi connectivity index (χ4v) is 2.52. The molecule has 0 unspecified atom stereocenters. The van der Waals surface area contributed by atoms with Crippen molar-refractivity contribution in [1.82, 2.24) is 0 Å². The number of hydrogen-bond donors (Lipinski definition) is 1. The van der Waals surface area contributed by atoms with E-state index in [0.717, 1.165) is 16.4 Å². The Kier molecular flexibility index (Phi) is 4.99. The van der Waals surface area contributed by atoms with Crippen molar-refractivity contribution in [3.8, 4) is 11.8 Å². The first kappa shape index (κ1) is 10.6. The van der Waals surface area contributed by atoms with Gasteiger partial charge in [0.2, 0.25) is 0 Å². The van der Waals surface area contributed by atoms with Crippen LogP contribution < -0.4 is 0 Å². The van der Waals surface area contributed by atoms with Crippen LogP contribution in [0.2, 0.25) is 0 Å². The van der Waals surface area contributed by atoms with E-state index >= 15 is 0 Å². The second kappa shape index (κ2) is 6.09. The normalized spacial score (nSPS) is 9.38. The zero-order valence-electron chi connectivity index (χ0n) is 7.54. The minimum Gasteiger partial charge on any atom is -0.384 e. The van der Waals surface area contributed by atoms with Gasteiger partial charge in [-0.25, -0.2) is 0 Å². The molecule has 1 aromatic rings. The maximum absolute atomic E-state index is 8.50. The van der Waals surface area contributed by atoms with Crippen LogP contribution in [0.3, 0.4) is 0 Å². The Balaban J connectivity index is 2.53. The first-order valence-corrected chi connectivity index (χ1v) is 6.10. The molecule has 3 heteroatoms. The van der Waals surface area contributed by atoms with Crippen molar-refractivity contribution in [2.75, 3.05) is 12.4 Å². The van der Waals surface area contributed by atoms with Gasteiger partial charge in [-0.05, 0) is 17.9 Å². The van der Waals surface area contributed by atoms with Gasteiger partial charge in [-0.15, -0.1) is 11.3 Å². The lowest BCUT2D eigenvalue weighted by molar-refractivity contribution is 0.350. The van der Waals surface area contributed by atoms with Crippen LogP contribution in [-0.2, 0) is 5.75 Å². The Morgan fingerprint density at radius 1 is 1.54 bits per heavy atom. The molecule has 0 spiro atoms. The lowest BCUT2D eigenvalue weighted by Crippen LogP contribution is -1.72. The zero-order valence-corrected chi connectivity index (χ0v) is 9.17. The van der Waals surface area contributed by atoms with E-state index in [1.165, 1.54) is 4.88 Å². The average Bonchev–Trinajstić information content (AvgIpc) is 2.59. The van der Waals surface area contributed by atoms with Gasteiger partial charge in [-0.2, -0.15) is 11.8 Å². The summed E-state index contributed by atoms with van der Waals surface area (Å²) in [6.07, 6.45) is 0. The van der Waals surface area contributed by atoms with Crippen LogP contribution in [0.5, 0.6) is 0 Å². The standard InChI is InChI=1S/C10H12OS2/c1-2-12-8-10-6-5-9(13-10)4-3-7-11/h5-6,11H,2,7-8H2,1H3. The second-order valence-electron chi connectivity index (χ2n) is 2.36. The molecule has 0 aliphatic rings. The SMILES string of the molecule is CCSCc1ccc(C#CCO)s1. The summed E-state index contributed by atoms with van der Waals surface area (Å²) in [4.78, 5) is 2.40. The molecule has 0 fully saturated rings. The summed E-state index contributed by atoms with van der Waals surface area (Å²) in [6.45, 7) is 2.10. The monoisotopic (exact) mass is 212 g/mol. The van der Waals surface area contributed by atoms with E-state index in [4.69, 9.17) is 5.11 Å². The molecule has 1 heterocycles. The van der Waals surface area contributed by atoms with Crippen molar-refractivity contribution in [2.24, 2.45) is 0 Å². The molecule has 1 N–H and O–H groups in total. The molecule has 0 saturated heterocycles. The molecule has 0 aliphatic carbocycles. The number of thioether (sulfide) groups is 1. The second-order valence-corrected chi connectivity index (χ2v) is 4.81. The highest BCUT2D eigenvalue weighted by Gasteiger charge is 1.96. The zero-order chi connectivity index (χ0) is 9.52.